The highest BCUT2D eigenvalue weighted by molar-refractivity contribution is 5.98. The average Bonchev–Trinajstić information content (AvgIpc) is 3.35. The van der Waals surface area contributed by atoms with E-state index in [1.54, 1.807) is 6.07 Å². The molecule has 1 unspecified atom stereocenters. The molecule has 1 atom stereocenters. The van der Waals surface area contributed by atoms with Crippen molar-refractivity contribution in [2.24, 2.45) is 0 Å². The van der Waals surface area contributed by atoms with Crippen LogP contribution in [0.1, 0.15) is 43.7 Å². The standard InChI is InChI=1S/C25H21F6N5O5/c1-22(2)11-7-6-10-17(37)23(25(29,30)31,40-13-14-8-4-3-5-9-14)21-35-34-20(41-21)18-16(36(38)39)12-15(24(26,27)28)19(32-18)33-22/h3-6,8-10,12H,7,11,13H2,1-2H3,(H,32,33)/b10-6-. The summed E-state index contributed by atoms with van der Waals surface area (Å²) in [6.45, 7) is 2.22. The van der Waals surface area contributed by atoms with E-state index < -0.39 is 75.4 Å². The maximum Gasteiger partial charge on any atom is 0.434 e. The quantitative estimate of drug-likeness (QED) is 0.218. The van der Waals surface area contributed by atoms with Crippen molar-refractivity contribution in [1.82, 2.24) is 15.2 Å². The van der Waals surface area contributed by atoms with Crippen LogP contribution in [0.4, 0.5) is 37.8 Å². The highest BCUT2D eigenvalue weighted by Gasteiger charge is 2.66. The summed E-state index contributed by atoms with van der Waals surface area (Å²) in [5.74, 6) is -4.95. The first-order chi connectivity index (χ1) is 19.0. The number of benzene rings is 1. The molecule has 2 aromatic heterocycles. The molecule has 4 bridgehead atoms. The van der Waals surface area contributed by atoms with Gasteiger partial charge in [-0.15, -0.1) is 10.2 Å². The number of hydrogen-bond acceptors (Lipinski definition) is 9. The van der Waals surface area contributed by atoms with Gasteiger partial charge in [0, 0.05) is 11.6 Å². The summed E-state index contributed by atoms with van der Waals surface area (Å²) >= 11 is 0. The fourth-order valence-electron chi connectivity index (χ4n) is 4.05. The van der Waals surface area contributed by atoms with Gasteiger partial charge in [0.15, 0.2) is 0 Å². The Bertz CT molecular complexity index is 1490. The second kappa shape index (κ2) is 10.6. The van der Waals surface area contributed by atoms with Crippen LogP contribution >= 0.6 is 0 Å². The maximum atomic E-state index is 14.8. The number of halogens is 6. The number of hydrogen-bond donors (Lipinski definition) is 1. The number of fused-ring (bicyclic) bond motifs is 5. The van der Waals surface area contributed by atoms with Crippen LogP contribution in [-0.4, -0.2) is 37.6 Å². The summed E-state index contributed by atoms with van der Waals surface area (Å²) in [4.78, 5) is 27.4. The number of nitrogens with zero attached hydrogens (tertiary/aromatic N) is 4. The molecular weight excluding hydrogens is 564 g/mol. The molecule has 0 saturated carbocycles. The van der Waals surface area contributed by atoms with Gasteiger partial charge in [-0.2, -0.15) is 26.3 Å². The Hall–Kier alpha value is -4.34. The van der Waals surface area contributed by atoms with E-state index in [-0.39, 0.29) is 24.5 Å². The molecule has 1 N–H and O–H groups in total. The molecule has 0 fully saturated rings. The molecule has 218 valence electrons. The Balaban J connectivity index is 1.99. The summed E-state index contributed by atoms with van der Waals surface area (Å²) < 4.78 is 96.2. The number of aromatic nitrogens is 3. The van der Waals surface area contributed by atoms with Crippen molar-refractivity contribution in [3.63, 3.8) is 0 Å². The molecule has 3 heterocycles. The normalized spacial score (nSPS) is 20.1. The Labute approximate surface area is 227 Å². The number of ketones is 1. The van der Waals surface area contributed by atoms with Crippen molar-refractivity contribution in [1.29, 1.82) is 0 Å². The number of pyridine rings is 1. The smallest absolute Gasteiger partial charge is 0.415 e. The average molecular weight is 585 g/mol. The maximum absolute atomic E-state index is 14.8. The molecule has 41 heavy (non-hydrogen) atoms. The van der Waals surface area contributed by atoms with Gasteiger partial charge in [0.05, 0.1) is 11.5 Å². The van der Waals surface area contributed by atoms with Crippen molar-refractivity contribution >= 4 is 17.3 Å². The van der Waals surface area contributed by atoms with Crippen molar-refractivity contribution in [2.75, 3.05) is 5.32 Å². The molecule has 1 aliphatic heterocycles. The first kappa shape index (κ1) is 29.6. The van der Waals surface area contributed by atoms with Gasteiger partial charge in [0.1, 0.15) is 11.4 Å². The summed E-state index contributed by atoms with van der Waals surface area (Å²) in [6, 6.07) is 7.73. The van der Waals surface area contributed by atoms with Gasteiger partial charge in [-0.05, 0) is 38.3 Å². The molecule has 1 aromatic carbocycles. The minimum absolute atomic E-state index is 0.0182. The third-order valence-corrected chi connectivity index (χ3v) is 6.14. The van der Waals surface area contributed by atoms with Crippen LogP contribution in [0, 0.1) is 10.1 Å². The molecule has 4 rings (SSSR count). The van der Waals surface area contributed by atoms with Gasteiger partial charge in [-0.25, -0.2) is 4.98 Å². The molecule has 3 aromatic rings. The van der Waals surface area contributed by atoms with Crippen LogP contribution in [0.2, 0.25) is 0 Å². The summed E-state index contributed by atoms with van der Waals surface area (Å²) in [6.07, 6.45) is -8.90. The van der Waals surface area contributed by atoms with Crippen LogP contribution in [0.25, 0.3) is 11.6 Å². The summed E-state index contributed by atoms with van der Waals surface area (Å²) in [7, 11) is 0. The van der Waals surface area contributed by atoms with Gasteiger partial charge >= 0.3 is 23.6 Å². The van der Waals surface area contributed by atoms with E-state index >= 15 is 0 Å². The molecule has 0 amide bonds. The molecule has 0 saturated heterocycles. The van der Waals surface area contributed by atoms with E-state index in [1.165, 1.54) is 38.1 Å². The van der Waals surface area contributed by atoms with Crippen LogP contribution in [0.3, 0.4) is 0 Å². The van der Waals surface area contributed by atoms with Gasteiger partial charge in [-0.3, -0.25) is 14.9 Å². The van der Waals surface area contributed by atoms with E-state index in [1.807, 2.05) is 0 Å². The fraction of sp³-hybridized carbons (Fsp3) is 0.360. The number of nitrogens with one attached hydrogen (secondary N) is 1. The number of carbonyl (C=O) groups is 1. The van der Waals surface area contributed by atoms with Gasteiger partial charge < -0.3 is 14.5 Å². The minimum atomic E-state index is -5.49. The van der Waals surface area contributed by atoms with Crippen molar-refractivity contribution < 1.29 is 45.2 Å². The third kappa shape index (κ3) is 5.91. The number of nitro groups is 1. The Morgan fingerprint density at radius 1 is 1.12 bits per heavy atom. The largest absolute Gasteiger partial charge is 0.434 e. The van der Waals surface area contributed by atoms with E-state index in [0.717, 1.165) is 6.08 Å². The predicted molar refractivity (Wildman–Crippen MR) is 129 cm³/mol. The SMILES string of the molecule is CC1(C)CC/C=C\C(=O)C(OCc2ccccc2)(C(F)(F)F)c2nnc(o2)-c2nc(c(C(F)(F)F)cc2[N+](=O)[O-])N1. The molecule has 10 nitrogen and oxygen atoms in total. The molecule has 16 heteroatoms. The van der Waals surface area contributed by atoms with Gasteiger partial charge in [0.25, 0.3) is 11.8 Å². The van der Waals surface area contributed by atoms with Crippen LogP contribution in [0.5, 0.6) is 0 Å². The first-order valence-electron chi connectivity index (χ1n) is 11.9. The zero-order valence-corrected chi connectivity index (χ0v) is 21.3. The Kier molecular flexibility index (Phi) is 7.64. The van der Waals surface area contributed by atoms with E-state index in [4.69, 9.17) is 9.15 Å². The number of allylic oxidation sites excluding steroid dienone is 1. The highest BCUT2D eigenvalue weighted by atomic mass is 19.4. The lowest BCUT2D eigenvalue weighted by Crippen LogP contribution is -2.51. The molecule has 0 aliphatic carbocycles. The number of alkyl halides is 6. The molecule has 0 spiro atoms. The zero-order chi connectivity index (χ0) is 30.2. The molecule has 0 radical (unpaired) electrons. The summed E-state index contributed by atoms with van der Waals surface area (Å²) in [5.41, 5.74) is -8.48. The first-order valence-corrected chi connectivity index (χ1v) is 11.9. The predicted octanol–water partition coefficient (Wildman–Crippen LogP) is 6.14. The Morgan fingerprint density at radius 3 is 2.41 bits per heavy atom. The zero-order valence-electron chi connectivity index (χ0n) is 21.3. The van der Waals surface area contributed by atoms with Crippen molar-refractivity contribution in [3.05, 3.63) is 75.7 Å². The monoisotopic (exact) mass is 585 g/mol. The van der Waals surface area contributed by atoms with Gasteiger partial charge in [-0.1, -0.05) is 36.4 Å². The van der Waals surface area contributed by atoms with Crippen LogP contribution in [0.15, 0.2) is 53.0 Å². The second-order valence-corrected chi connectivity index (χ2v) is 9.69. The molecule has 1 aliphatic rings. The van der Waals surface area contributed by atoms with Crippen molar-refractivity contribution in [3.8, 4) is 11.6 Å². The molecular formula is C25H21F6N5O5. The lowest BCUT2D eigenvalue weighted by atomic mass is 9.94. The van der Waals surface area contributed by atoms with E-state index in [2.05, 4.69) is 20.5 Å². The van der Waals surface area contributed by atoms with Crippen molar-refractivity contribution in [2.45, 2.75) is 56.8 Å². The lowest BCUT2D eigenvalue weighted by Gasteiger charge is -2.30. The highest BCUT2D eigenvalue weighted by Crippen LogP contribution is 2.46. The van der Waals surface area contributed by atoms with Gasteiger partial charge in [0.2, 0.25) is 11.5 Å². The minimum Gasteiger partial charge on any atom is -0.415 e. The fourth-order valence-corrected chi connectivity index (χ4v) is 4.05. The van der Waals surface area contributed by atoms with Crippen LogP contribution in [-0.2, 0) is 27.9 Å². The lowest BCUT2D eigenvalue weighted by molar-refractivity contribution is -0.384. The van der Waals surface area contributed by atoms with Crippen LogP contribution < -0.4 is 5.32 Å². The topological polar surface area (TPSA) is 133 Å². The second-order valence-electron chi connectivity index (χ2n) is 9.69. The number of ether oxygens (including phenoxy) is 1. The van der Waals surface area contributed by atoms with E-state index in [0.29, 0.717) is 6.08 Å². The number of rotatable bonds is 4. The number of carbonyl (C=O) groups excluding carboxylic acids is 1. The number of anilines is 1. The Morgan fingerprint density at radius 2 is 1.80 bits per heavy atom. The summed E-state index contributed by atoms with van der Waals surface area (Å²) in [5, 5.41) is 21.0. The van der Waals surface area contributed by atoms with E-state index in [9.17, 15) is 41.3 Å². The third-order valence-electron chi connectivity index (χ3n) is 6.14.